The zero-order valence-electron chi connectivity index (χ0n) is 19.2. The van der Waals surface area contributed by atoms with Gasteiger partial charge in [0.25, 0.3) is 0 Å². The summed E-state index contributed by atoms with van der Waals surface area (Å²) in [5.74, 6) is 1.51. The second kappa shape index (κ2) is 12.2. The SMILES string of the molecule is COc1ccc(N(C)c2nc(C)nc3ccccc23)cc1C(=O)OCCCCCC[Se]C#N. The molecular formula is C25H28N4O3Se. The molecule has 0 aliphatic heterocycles. The van der Waals surface area contributed by atoms with E-state index in [-0.39, 0.29) is 15.0 Å². The van der Waals surface area contributed by atoms with Gasteiger partial charge < -0.3 is 0 Å². The Labute approximate surface area is 200 Å². The third-order valence-electron chi connectivity index (χ3n) is 5.24. The zero-order chi connectivity index (χ0) is 23.6. The van der Waals surface area contributed by atoms with Crippen LogP contribution in [0.15, 0.2) is 42.5 Å². The Morgan fingerprint density at radius 2 is 1.91 bits per heavy atom. The van der Waals surface area contributed by atoms with Crippen LogP contribution >= 0.6 is 0 Å². The monoisotopic (exact) mass is 512 g/mol. The number of hydrogen-bond acceptors (Lipinski definition) is 7. The van der Waals surface area contributed by atoms with Gasteiger partial charge in [-0.15, -0.1) is 0 Å². The van der Waals surface area contributed by atoms with Gasteiger partial charge in [0.1, 0.15) is 11.6 Å². The molecule has 3 aromatic rings. The van der Waals surface area contributed by atoms with Gasteiger partial charge in [-0.2, -0.15) is 0 Å². The fourth-order valence-corrected chi connectivity index (χ4v) is 4.46. The number of aromatic nitrogens is 2. The molecule has 3 rings (SSSR count). The molecule has 0 saturated carbocycles. The molecule has 0 radical (unpaired) electrons. The number of anilines is 2. The number of nitriles is 1. The van der Waals surface area contributed by atoms with Crippen molar-refractivity contribution in [2.24, 2.45) is 0 Å². The van der Waals surface area contributed by atoms with Gasteiger partial charge in [-0.3, -0.25) is 0 Å². The molecule has 0 amide bonds. The van der Waals surface area contributed by atoms with E-state index in [0.717, 1.165) is 53.4 Å². The number of nitrogens with zero attached hydrogens (tertiary/aromatic N) is 4. The fraction of sp³-hybridized carbons (Fsp3) is 0.360. The number of rotatable bonds is 11. The van der Waals surface area contributed by atoms with Crippen LogP contribution in [0.5, 0.6) is 5.75 Å². The molecule has 0 bridgehead atoms. The van der Waals surface area contributed by atoms with Crippen molar-refractivity contribution in [1.29, 1.82) is 5.26 Å². The zero-order valence-corrected chi connectivity index (χ0v) is 20.9. The first kappa shape index (κ1) is 24.5. The van der Waals surface area contributed by atoms with Crippen LogP contribution in [0.25, 0.3) is 10.9 Å². The van der Waals surface area contributed by atoms with E-state index in [9.17, 15) is 4.79 Å². The topological polar surface area (TPSA) is 88.3 Å². The van der Waals surface area contributed by atoms with E-state index in [0.29, 0.717) is 23.7 Å². The van der Waals surface area contributed by atoms with Gasteiger partial charge in [-0.25, -0.2) is 9.97 Å². The minimum absolute atomic E-state index is 0.0952. The molecule has 0 N–H and O–H groups in total. The molecular weight excluding hydrogens is 483 g/mol. The van der Waals surface area contributed by atoms with Gasteiger partial charge in [0.2, 0.25) is 0 Å². The molecule has 1 aromatic heterocycles. The molecule has 7 nitrogen and oxygen atoms in total. The van der Waals surface area contributed by atoms with E-state index in [2.05, 4.69) is 14.9 Å². The molecule has 0 saturated heterocycles. The van der Waals surface area contributed by atoms with E-state index in [1.54, 1.807) is 19.2 Å². The number of carbonyl (C=O) groups is 1. The number of methoxy groups -OCH3 is 1. The first-order valence-electron chi connectivity index (χ1n) is 10.9. The van der Waals surface area contributed by atoms with Crippen LogP contribution in [0.1, 0.15) is 41.9 Å². The Bertz CT molecular complexity index is 1150. The van der Waals surface area contributed by atoms with E-state index >= 15 is 0 Å². The number of unbranched alkanes of at least 4 members (excludes halogenated alkanes) is 3. The Kier molecular flexibility index (Phi) is 9.05. The maximum atomic E-state index is 12.8. The average Bonchev–Trinajstić information content (AvgIpc) is 2.84. The molecule has 0 unspecified atom stereocenters. The van der Waals surface area contributed by atoms with Crippen LogP contribution in [0.2, 0.25) is 5.32 Å². The van der Waals surface area contributed by atoms with Crippen LogP contribution in [0.3, 0.4) is 0 Å². The Balaban J connectivity index is 1.72. The summed E-state index contributed by atoms with van der Waals surface area (Å²) in [6, 6.07) is 13.3. The molecule has 0 aliphatic rings. The average molecular weight is 511 g/mol. The number of ether oxygens (including phenoxy) is 2. The summed E-state index contributed by atoms with van der Waals surface area (Å²) in [6.45, 7) is 2.23. The number of hydrogen-bond donors (Lipinski definition) is 0. The summed E-state index contributed by atoms with van der Waals surface area (Å²) >= 11 is 0.0952. The summed E-state index contributed by atoms with van der Waals surface area (Å²) < 4.78 is 10.9. The van der Waals surface area contributed by atoms with Gasteiger partial charge in [-0.05, 0) is 19.1 Å². The predicted molar refractivity (Wildman–Crippen MR) is 130 cm³/mol. The van der Waals surface area contributed by atoms with Crippen LogP contribution in [-0.4, -0.2) is 51.7 Å². The van der Waals surface area contributed by atoms with E-state index in [1.807, 2.05) is 49.2 Å². The van der Waals surface area contributed by atoms with Crippen molar-refractivity contribution in [3.63, 3.8) is 0 Å². The quantitative estimate of drug-likeness (QED) is 0.203. The third-order valence-corrected chi connectivity index (χ3v) is 6.55. The standard InChI is InChI=1S/C25H28N4O3Se/c1-18-27-22-11-7-6-10-20(22)24(28-18)29(2)19-12-13-23(31-3)21(16-19)25(30)32-14-8-4-5-9-15-33-17-26/h6-7,10-13,16H,4-5,8-9,14-15H2,1-3H3. The summed E-state index contributed by atoms with van der Waals surface area (Å²) in [5, 5.41) is 10.5. The van der Waals surface area contributed by atoms with Crippen LogP contribution in [-0.2, 0) is 4.74 Å². The number of para-hydroxylation sites is 1. The Morgan fingerprint density at radius 3 is 2.70 bits per heavy atom. The molecule has 2 aromatic carbocycles. The van der Waals surface area contributed by atoms with Crippen LogP contribution < -0.4 is 9.64 Å². The fourth-order valence-electron chi connectivity index (χ4n) is 3.53. The summed E-state index contributed by atoms with van der Waals surface area (Å²) in [7, 11) is 3.46. The number of carbonyl (C=O) groups excluding carboxylic acids is 1. The normalized spacial score (nSPS) is 10.6. The molecule has 33 heavy (non-hydrogen) atoms. The van der Waals surface area contributed by atoms with E-state index < -0.39 is 5.97 Å². The molecule has 0 fully saturated rings. The summed E-state index contributed by atoms with van der Waals surface area (Å²) in [4.78, 5) is 26.1. The van der Waals surface area contributed by atoms with Crippen molar-refractivity contribution in [1.82, 2.24) is 9.97 Å². The van der Waals surface area contributed by atoms with Gasteiger partial charge in [-0.1, -0.05) is 12.1 Å². The van der Waals surface area contributed by atoms with Crippen molar-refractivity contribution >= 4 is 43.3 Å². The number of fused-ring (bicyclic) bond motifs is 1. The maximum absolute atomic E-state index is 12.8. The number of benzene rings is 2. The number of aryl methyl sites for hydroxylation is 1. The Hall–Kier alpha value is -3.14. The molecule has 0 atom stereocenters. The Morgan fingerprint density at radius 1 is 1.12 bits per heavy atom. The summed E-state index contributed by atoms with van der Waals surface area (Å²) in [5.41, 5.74) is 2.05. The molecule has 0 aliphatic carbocycles. The van der Waals surface area contributed by atoms with Crippen molar-refractivity contribution in [2.45, 2.75) is 37.9 Å². The molecule has 1 heterocycles. The first-order valence-corrected chi connectivity index (χ1v) is 12.9. The van der Waals surface area contributed by atoms with E-state index in [1.165, 1.54) is 0 Å². The van der Waals surface area contributed by atoms with Gasteiger partial charge in [0.15, 0.2) is 0 Å². The molecule has 0 spiro atoms. The van der Waals surface area contributed by atoms with Crippen LogP contribution in [0.4, 0.5) is 11.5 Å². The van der Waals surface area contributed by atoms with Crippen molar-refractivity contribution < 1.29 is 14.3 Å². The predicted octanol–water partition coefficient (Wildman–Crippen LogP) is 5.04. The minimum atomic E-state index is -0.404. The van der Waals surface area contributed by atoms with Crippen LogP contribution in [0, 0.1) is 17.2 Å². The van der Waals surface area contributed by atoms with Gasteiger partial charge >= 0.3 is 130 Å². The third kappa shape index (κ3) is 6.44. The van der Waals surface area contributed by atoms with Gasteiger partial charge in [0.05, 0.1) is 5.52 Å². The first-order chi connectivity index (χ1) is 16.0. The molecule has 8 heteroatoms. The summed E-state index contributed by atoms with van der Waals surface area (Å²) in [6.07, 6.45) is 3.89. The van der Waals surface area contributed by atoms with Crippen molar-refractivity contribution in [2.75, 3.05) is 25.7 Å². The van der Waals surface area contributed by atoms with Crippen molar-refractivity contribution in [3.8, 4) is 10.7 Å². The van der Waals surface area contributed by atoms with Crippen molar-refractivity contribution in [3.05, 3.63) is 53.9 Å². The second-order valence-corrected chi connectivity index (χ2v) is 9.39. The molecule has 172 valence electrons. The second-order valence-electron chi connectivity index (χ2n) is 7.55. The van der Waals surface area contributed by atoms with E-state index in [4.69, 9.17) is 14.7 Å². The van der Waals surface area contributed by atoms with Gasteiger partial charge in [0, 0.05) is 12.4 Å². The number of esters is 1.